The third-order valence-electron chi connectivity index (χ3n) is 5.32. The molecule has 2 aromatic carbocycles. The van der Waals surface area contributed by atoms with E-state index in [9.17, 15) is 4.79 Å². The van der Waals surface area contributed by atoms with Crippen molar-refractivity contribution in [2.45, 2.75) is 19.8 Å². The predicted molar refractivity (Wildman–Crippen MR) is 105 cm³/mol. The molecule has 1 unspecified atom stereocenters. The SMILES string of the molecule is Cc1c(=O)oc(C(C)c2c[nH]c3ccccc23)c2[nH]c3ccccc3c12. The molecule has 26 heavy (non-hydrogen) atoms. The van der Waals surface area contributed by atoms with Crippen molar-refractivity contribution in [3.63, 3.8) is 0 Å². The van der Waals surface area contributed by atoms with Gasteiger partial charge in [0.25, 0.3) is 0 Å². The van der Waals surface area contributed by atoms with Gasteiger partial charge >= 0.3 is 5.63 Å². The van der Waals surface area contributed by atoms with E-state index in [-0.39, 0.29) is 11.5 Å². The van der Waals surface area contributed by atoms with Gasteiger partial charge in [-0.25, -0.2) is 4.79 Å². The minimum atomic E-state index is -0.274. The van der Waals surface area contributed by atoms with Crippen LogP contribution in [0, 0.1) is 6.92 Å². The summed E-state index contributed by atoms with van der Waals surface area (Å²) in [6, 6.07) is 16.2. The standard InChI is InChI=1S/C22H18N2O2/c1-12(16-11-23-17-9-5-3-7-14(16)17)21-20-19(13(2)22(25)26-21)15-8-4-6-10-18(15)24-20/h3-12,23-24H,1-2H3. The molecule has 3 heterocycles. The minimum Gasteiger partial charge on any atom is -0.425 e. The van der Waals surface area contributed by atoms with Gasteiger partial charge < -0.3 is 14.4 Å². The zero-order valence-corrected chi connectivity index (χ0v) is 14.6. The van der Waals surface area contributed by atoms with E-state index in [4.69, 9.17) is 4.42 Å². The van der Waals surface area contributed by atoms with E-state index in [1.165, 1.54) is 0 Å². The number of fused-ring (bicyclic) bond motifs is 4. The number of aromatic amines is 2. The fourth-order valence-electron chi connectivity index (χ4n) is 3.94. The summed E-state index contributed by atoms with van der Waals surface area (Å²) >= 11 is 0. The number of hydrogen-bond acceptors (Lipinski definition) is 2. The van der Waals surface area contributed by atoms with Crippen LogP contribution in [0.5, 0.6) is 0 Å². The Kier molecular flexibility index (Phi) is 3.10. The molecule has 4 heteroatoms. The molecule has 5 rings (SSSR count). The largest absolute Gasteiger partial charge is 0.425 e. The van der Waals surface area contributed by atoms with Crippen LogP contribution in [0.15, 0.2) is 63.9 Å². The van der Waals surface area contributed by atoms with Crippen LogP contribution in [0.4, 0.5) is 0 Å². The Hall–Kier alpha value is -3.27. The van der Waals surface area contributed by atoms with Crippen LogP contribution in [0.2, 0.25) is 0 Å². The Bertz CT molecular complexity index is 1340. The summed E-state index contributed by atoms with van der Waals surface area (Å²) in [5, 5.41) is 3.16. The van der Waals surface area contributed by atoms with Crippen molar-refractivity contribution in [2.24, 2.45) is 0 Å². The molecule has 0 aliphatic heterocycles. The Morgan fingerprint density at radius 1 is 0.962 bits per heavy atom. The van der Waals surface area contributed by atoms with Crippen molar-refractivity contribution >= 4 is 32.7 Å². The van der Waals surface area contributed by atoms with Crippen molar-refractivity contribution in [1.29, 1.82) is 0 Å². The number of nitrogens with one attached hydrogen (secondary N) is 2. The molecular formula is C22H18N2O2. The molecule has 0 radical (unpaired) electrons. The molecule has 3 aromatic heterocycles. The molecule has 0 aliphatic carbocycles. The third-order valence-corrected chi connectivity index (χ3v) is 5.32. The smallest absolute Gasteiger partial charge is 0.339 e. The third kappa shape index (κ3) is 1.99. The van der Waals surface area contributed by atoms with E-state index in [0.29, 0.717) is 11.3 Å². The molecule has 0 aliphatic rings. The van der Waals surface area contributed by atoms with E-state index in [2.05, 4.69) is 29.0 Å². The van der Waals surface area contributed by atoms with Gasteiger partial charge in [-0.2, -0.15) is 0 Å². The lowest BCUT2D eigenvalue weighted by Gasteiger charge is -2.11. The molecule has 5 aromatic rings. The van der Waals surface area contributed by atoms with Crippen LogP contribution >= 0.6 is 0 Å². The first kappa shape index (κ1) is 15.0. The first-order valence-corrected chi connectivity index (χ1v) is 8.75. The fourth-order valence-corrected chi connectivity index (χ4v) is 3.94. The van der Waals surface area contributed by atoms with Gasteiger partial charge in [0.1, 0.15) is 5.76 Å². The maximum Gasteiger partial charge on any atom is 0.339 e. The molecule has 0 saturated carbocycles. The molecule has 1 atom stereocenters. The monoisotopic (exact) mass is 342 g/mol. The summed E-state index contributed by atoms with van der Waals surface area (Å²) in [6.07, 6.45) is 2.00. The molecule has 0 fully saturated rings. The van der Waals surface area contributed by atoms with Gasteiger partial charge in [0, 0.05) is 44.9 Å². The number of hydrogen-bond donors (Lipinski definition) is 2. The number of H-pyrrole nitrogens is 2. The maximum absolute atomic E-state index is 12.5. The van der Waals surface area contributed by atoms with Crippen molar-refractivity contribution in [2.75, 3.05) is 0 Å². The van der Waals surface area contributed by atoms with Gasteiger partial charge in [-0.3, -0.25) is 0 Å². The Balaban J connectivity index is 1.84. The maximum atomic E-state index is 12.5. The van der Waals surface area contributed by atoms with Crippen LogP contribution < -0.4 is 5.63 Å². The van der Waals surface area contributed by atoms with Gasteiger partial charge in [0.2, 0.25) is 0 Å². The minimum absolute atomic E-state index is 0.0602. The van der Waals surface area contributed by atoms with Crippen molar-refractivity contribution in [3.8, 4) is 0 Å². The van der Waals surface area contributed by atoms with Gasteiger partial charge in [0.15, 0.2) is 0 Å². The summed E-state index contributed by atoms with van der Waals surface area (Å²) in [5.74, 6) is 0.617. The van der Waals surface area contributed by atoms with Crippen LogP contribution in [0.25, 0.3) is 32.7 Å². The van der Waals surface area contributed by atoms with E-state index in [0.717, 1.165) is 38.3 Å². The average Bonchev–Trinajstić information content (AvgIpc) is 3.26. The normalized spacial score (nSPS) is 13.0. The number of rotatable bonds is 2. The van der Waals surface area contributed by atoms with Crippen LogP contribution in [0.3, 0.4) is 0 Å². The zero-order chi connectivity index (χ0) is 17.8. The number of aromatic nitrogens is 2. The fraction of sp³-hybridized carbons (Fsp3) is 0.136. The quantitative estimate of drug-likeness (QED) is 0.462. The highest BCUT2D eigenvalue weighted by Gasteiger charge is 2.22. The van der Waals surface area contributed by atoms with Gasteiger partial charge in [-0.15, -0.1) is 0 Å². The van der Waals surface area contributed by atoms with E-state index in [1.807, 2.05) is 49.5 Å². The first-order valence-electron chi connectivity index (χ1n) is 8.75. The second-order valence-corrected chi connectivity index (χ2v) is 6.81. The molecule has 2 N–H and O–H groups in total. The Morgan fingerprint density at radius 2 is 1.65 bits per heavy atom. The lowest BCUT2D eigenvalue weighted by molar-refractivity contribution is 0.452. The number of aryl methyl sites for hydroxylation is 1. The molecule has 4 nitrogen and oxygen atoms in total. The predicted octanol–water partition coefficient (Wildman–Crippen LogP) is 5.22. The van der Waals surface area contributed by atoms with Crippen LogP contribution in [-0.2, 0) is 0 Å². The molecule has 0 spiro atoms. The number of benzene rings is 2. The van der Waals surface area contributed by atoms with Gasteiger partial charge in [-0.1, -0.05) is 43.3 Å². The Morgan fingerprint density at radius 3 is 2.46 bits per heavy atom. The highest BCUT2D eigenvalue weighted by atomic mass is 16.4. The molecule has 0 saturated heterocycles. The summed E-state index contributed by atoms with van der Waals surface area (Å²) in [6.45, 7) is 3.91. The average molecular weight is 342 g/mol. The Labute approximate surface area is 149 Å². The number of para-hydroxylation sites is 2. The molecule has 0 amide bonds. The van der Waals surface area contributed by atoms with Crippen LogP contribution in [0.1, 0.15) is 29.7 Å². The van der Waals surface area contributed by atoms with Crippen LogP contribution in [-0.4, -0.2) is 9.97 Å². The van der Waals surface area contributed by atoms with E-state index >= 15 is 0 Å². The highest BCUT2D eigenvalue weighted by Crippen LogP contribution is 2.36. The zero-order valence-electron chi connectivity index (χ0n) is 14.6. The topological polar surface area (TPSA) is 61.8 Å². The summed E-state index contributed by atoms with van der Waals surface area (Å²) in [4.78, 5) is 19.3. The lowest BCUT2D eigenvalue weighted by Crippen LogP contribution is -2.08. The highest BCUT2D eigenvalue weighted by molar-refractivity contribution is 6.09. The second kappa shape index (κ2) is 5.36. The molecule has 0 bridgehead atoms. The molecular weight excluding hydrogens is 324 g/mol. The summed E-state index contributed by atoms with van der Waals surface area (Å²) < 4.78 is 5.78. The van der Waals surface area contributed by atoms with Crippen molar-refractivity contribution in [1.82, 2.24) is 9.97 Å². The molecule has 128 valence electrons. The van der Waals surface area contributed by atoms with Crippen molar-refractivity contribution in [3.05, 3.63) is 82.0 Å². The van der Waals surface area contributed by atoms with E-state index in [1.54, 1.807) is 0 Å². The van der Waals surface area contributed by atoms with E-state index < -0.39 is 0 Å². The van der Waals surface area contributed by atoms with Gasteiger partial charge in [-0.05, 0) is 24.6 Å². The summed E-state index contributed by atoms with van der Waals surface area (Å²) in [5.41, 5.74) is 4.49. The first-order chi connectivity index (χ1) is 12.6. The second-order valence-electron chi connectivity index (χ2n) is 6.81. The summed E-state index contributed by atoms with van der Waals surface area (Å²) in [7, 11) is 0. The van der Waals surface area contributed by atoms with Gasteiger partial charge in [0.05, 0.1) is 5.52 Å². The van der Waals surface area contributed by atoms with Crippen molar-refractivity contribution < 1.29 is 4.42 Å². The lowest BCUT2D eigenvalue weighted by atomic mass is 9.96.